The molecule has 0 saturated carbocycles. The summed E-state index contributed by atoms with van der Waals surface area (Å²) in [6.07, 6.45) is 1.05. The van der Waals surface area contributed by atoms with E-state index < -0.39 is 0 Å². The van der Waals surface area contributed by atoms with E-state index in [1.165, 1.54) is 9.80 Å². The molecule has 4 nitrogen and oxygen atoms in total. The number of nitrogens with zero attached hydrogens (tertiary/aromatic N) is 2. The van der Waals surface area contributed by atoms with E-state index >= 15 is 0 Å². The molecule has 2 saturated heterocycles. The van der Waals surface area contributed by atoms with Crippen LogP contribution in [0.1, 0.15) is 24.5 Å². The molecule has 2 heterocycles. The summed E-state index contributed by atoms with van der Waals surface area (Å²) in [5.41, 5.74) is 3.60. The Morgan fingerprint density at radius 3 is 1.93 bits per heavy atom. The Hall–Kier alpha value is -2.09. The quantitative estimate of drug-likeness (QED) is 0.343. The first-order chi connectivity index (χ1) is 14.4. The van der Waals surface area contributed by atoms with Crippen LogP contribution in [0.4, 0.5) is 11.4 Å². The van der Waals surface area contributed by atoms with E-state index in [1.807, 2.05) is 62.4 Å². The van der Waals surface area contributed by atoms with Crippen LogP contribution in [-0.2, 0) is 9.59 Å². The summed E-state index contributed by atoms with van der Waals surface area (Å²) in [7, 11) is 0. The van der Waals surface area contributed by atoms with E-state index in [4.69, 9.17) is 12.2 Å². The minimum atomic E-state index is -0.344. The van der Waals surface area contributed by atoms with Gasteiger partial charge in [0.05, 0.1) is 15.6 Å². The van der Waals surface area contributed by atoms with Crippen molar-refractivity contribution in [2.75, 3.05) is 15.6 Å². The molecule has 0 bridgehead atoms. The average molecular weight is 455 g/mol. The van der Waals surface area contributed by atoms with Crippen LogP contribution in [0.25, 0.3) is 0 Å². The Balaban J connectivity index is 1.89. The van der Waals surface area contributed by atoms with Crippen LogP contribution < -0.4 is 9.80 Å². The molecule has 0 N–H and O–H groups in total. The highest BCUT2D eigenvalue weighted by atomic mass is 32.2. The maximum absolute atomic E-state index is 13.6. The van der Waals surface area contributed by atoms with Crippen LogP contribution in [0.5, 0.6) is 0 Å². The molecule has 1 unspecified atom stereocenters. The van der Waals surface area contributed by atoms with Crippen LogP contribution in [-0.4, -0.2) is 27.9 Å². The van der Waals surface area contributed by atoms with E-state index in [0.29, 0.717) is 16.6 Å². The van der Waals surface area contributed by atoms with Gasteiger partial charge in [0.25, 0.3) is 11.8 Å². The lowest BCUT2D eigenvalue weighted by atomic mass is 10.1. The highest BCUT2D eigenvalue weighted by Crippen LogP contribution is 2.44. The average Bonchev–Trinajstić information content (AvgIpc) is 2.68. The van der Waals surface area contributed by atoms with Crippen molar-refractivity contribution in [3.05, 3.63) is 69.5 Å². The first kappa shape index (κ1) is 21.2. The highest BCUT2D eigenvalue weighted by Gasteiger charge is 2.43. The molecule has 2 aromatic carbocycles. The van der Waals surface area contributed by atoms with E-state index in [0.717, 1.165) is 27.5 Å². The minimum absolute atomic E-state index is 0.185. The van der Waals surface area contributed by atoms with Crippen molar-refractivity contribution in [1.82, 2.24) is 0 Å². The number of thiocarbonyl (C=S) groups is 1. The molecule has 4 rings (SSSR count). The van der Waals surface area contributed by atoms with Gasteiger partial charge in [-0.3, -0.25) is 19.4 Å². The van der Waals surface area contributed by atoms with Crippen molar-refractivity contribution < 1.29 is 9.59 Å². The molecule has 0 radical (unpaired) electrons. The van der Waals surface area contributed by atoms with Crippen molar-refractivity contribution in [2.45, 2.75) is 32.4 Å². The van der Waals surface area contributed by atoms with Crippen LogP contribution >= 0.6 is 35.7 Å². The van der Waals surface area contributed by atoms with Gasteiger partial charge in [-0.25, -0.2) is 0 Å². The fourth-order valence-corrected chi connectivity index (χ4v) is 6.89. The van der Waals surface area contributed by atoms with E-state index in [2.05, 4.69) is 6.92 Å². The second-order valence-electron chi connectivity index (χ2n) is 7.47. The molecule has 0 spiro atoms. The van der Waals surface area contributed by atoms with Gasteiger partial charge in [0.15, 0.2) is 5.11 Å². The predicted octanol–water partition coefficient (Wildman–Crippen LogP) is 5.44. The smallest absolute Gasteiger partial charge is 0.268 e. The van der Waals surface area contributed by atoms with Crippen LogP contribution in [0, 0.1) is 13.8 Å². The van der Waals surface area contributed by atoms with Crippen molar-refractivity contribution in [3.63, 3.8) is 0 Å². The van der Waals surface area contributed by atoms with Gasteiger partial charge >= 0.3 is 0 Å². The number of benzene rings is 2. The molecule has 30 heavy (non-hydrogen) atoms. The first-order valence-electron chi connectivity index (χ1n) is 9.76. The summed E-state index contributed by atoms with van der Waals surface area (Å²) >= 11 is 8.90. The number of carbonyl (C=O) groups excluding carboxylic acids is 2. The molecule has 2 aliphatic heterocycles. The Bertz CT molecular complexity index is 1010. The predicted molar refractivity (Wildman–Crippen MR) is 131 cm³/mol. The topological polar surface area (TPSA) is 40.6 Å². The van der Waals surface area contributed by atoms with E-state index in [9.17, 15) is 9.59 Å². The van der Waals surface area contributed by atoms with E-state index in [-0.39, 0.29) is 22.5 Å². The Morgan fingerprint density at radius 1 is 0.933 bits per heavy atom. The summed E-state index contributed by atoms with van der Waals surface area (Å²) in [5, 5.41) is 0.549. The first-order valence-corrected chi connectivity index (χ1v) is 12.0. The van der Waals surface area contributed by atoms with Gasteiger partial charge in [0, 0.05) is 5.25 Å². The number of rotatable bonds is 2. The second kappa shape index (κ2) is 8.57. The molecule has 0 aromatic heterocycles. The van der Waals surface area contributed by atoms with Crippen LogP contribution in [0.2, 0.25) is 0 Å². The SMILES string of the molecule is Cc1cccc(N2C(=O)C(=C3SCCC(C)S3)C(=O)N(c3cccc(C)c3)C2=S)c1. The Kier molecular flexibility index (Phi) is 6.04. The Morgan fingerprint density at radius 2 is 1.47 bits per heavy atom. The van der Waals surface area contributed by atoms with Gasteiger partial charge in [-0.15, -0.1) is 23.5 Å². The lowest BCUT2D eigenvalue weighted by Gasteiger charge is -2.38. The zero-order chi connectivity index (χ0) is 21.4. The molecule has 2 fully saturated rings. The van der Waals surface area contributed by atoms with Crippen molar-refractivity contribution >= 4 is 64.0 Å². The lowest BCUT2D eigenvalue weighted by molar-refractivity contribution is -0.120. The van der Waals surface area contributed by atoms with Gasteiger partial charge in [-0.2, -0.15) is 0 Å². The van der Waals surface area contributed by atoms with Crippen molar-refractivity contribution in [2.24, 2.45) is 0 Å². The third-order valence-electron chi connectivity index (χ3n) is 5.01. The largest absolute Gasteiger partial charge is 0.271 e. The maximum atomic E-state index is 13.6. The molecular weight excluding hydrogens is 432 g/mol. The summed E-state index contributed by atoms with van der Waals surface area (Å²) in [6, 6.07) is 15.3. The molecule has 2 amide bonds. The lowest BCUT2D eigenvalue weighted by Crippen LogP contribution is -2.57. The normalized spacial score (nSPS) is 20.2. The second-order valence-corrected chi connectivity index (χ2v) is 10.6. The fraction of sp³-hybridized carbons (Fsp3) is 0.261. The van der Waals surface area contributed by atoms with E-state index in [1.54, 1.807) is 23.5 Å². The Labute approximate surface area is 190 Å². The van der Waals surface area contributed by atoms with Crippen molar-refractivity contribution in [1.29, 1.82) is 0 Å². The van der Waals surface area contributed by atoms with Gasteiger partial charge in [-0.05, 0) is 73.6 Å². The minimum Gasteiger partial charge on any atom is -0.268 e. The van der Waals surface area contributed by atoms with Crippen molar-refractivity contribution in [3.8, 4) is 0 Å². The molecule has 2 aliphatic rings. The molecular formula is C23H22N2O2S3. The molecule has 2 aromatic rings. The number of anilines is 2. The maximum Gasteiger partial charge on any atom is 0.271 e. The third-order valence-corrected chi connectivity index (χ3v) is 7.98. The fourth-order valence-electron chi connectivity index (χ4n) is 3.48. The third kappa shape index (κ3) is 3.94. The monoisotopic (exact) mass is 454 g/mol. The highest BCUT2D eigenvalue weighted by molar-refractivity contribution is 8.23. The van der Waals surface area contributed by atoms with Crippen LogP contribution in [0.15, 0.2) is 58.3 Å². The number of hydrogen-bond donors (Lipinski definition) is 0. The van der Waals surface area contributed by atoms with Gasteiger partial charge < -0.3 is 0 Å². The standard InChI is InChI=1S/C23H22N2O2S3/c1-14-6-4-8-17(12-14)24-20(26)19(22-29-11-10-16(3)30-22)21(27)25(23(24)28)18-9-5-7-15(2)13-18/h4-9,12-13,16H,10-11H2,1-3H3. The number of thioether (sulfide) groups is 2. The number of hydrogen-bond acceptors (Lipinski definition) is 5. The molecule has 154 valence electrons. The summed E-state index contributed by atoms with van der Waals surface area (Å²) in [4.78, 5) is 30.2. The number of aryl methyl sites for hydroxylation is 2. The molecule has 7 heteroatoms. The molecule has 0 aliphatic carbocycles. The summed E-state index contributed by atoms with van der Waals surface area (Å²) in [5.74, 6) is 0.208. The van der Waals surface area contributed by atoms with Gasteiger partial charge in [0.1, 0.15) is 5.57 Å². The summed E-state index contributed by atoms with van der Waals surface area (Å²) < 4.78 is 0.793. The number of carbonyl (C=O) groups is 2. The molecule has 1 atom stereocenters. The number of amides is 2. The zero-order valence-corrected chi connectivity index (χ0v) is 19.5. The summed E-state index contributed by atoms with van der Waals surface area (Å²) in [6.45, 7) is 6.07. The van der Waals surface area contributed by atoms with Crippen LogP contribution in [0.3, 0.4) is 0 Å². The van der Waals surface area contributed by atoms with Gasteiger partial charge in [0.2, 0.25) is 0 Å². The zero-order valence-electron chi connectivity index (χ0n) is 17.0. The van der Waals surface area contributed by atoms with Gasteiger partial charge in [-0.1, -0.05) is 31.2 Å².